The quantitative estimate of drug-likeness (QED) is 0.176. The first-order valence-electron chi connectivity index (χ1n) is 9.17. The van der Waals surface area contributed by atoms with Gasteiger partial charge in [-0.05, 0) is 24.3 Å². The number of ketones is 2. The van der Waals surface area contributed by atoms with Crippen molar-refractivity contribution >= 4 is 46.5 Å². The molecule has 0 atom stereocenters. The Labute approximate surface area is 186 Å². The molecule has 9 nitrogen and oxygen atoms in total. The molecule has 164 valence electrons. The highest BCUT2D eigenvalue weighted by Gasteiger charge is 2.10. The lowest BCUT2D eigenvalue weighted by atomic mass is 10.1. The van der Waals surface area contributed by atoms with Gasteiger partial charge in [0.05, 0.1) is 34.6 Å². The molecular weight excluding hydrogens is 444 g/mol. The minimum Gasteiger partial charge on any atom is -0.380 e. The Morgan fingerprint density at radius 2 is 1.06 bits per heavy atom. The molecule has 0 aromatic heterocycles. The third-order valence-electron chi connectivity index (χ3n) is 4.01. The van der Waals surface area contributed by atoms with Gasteiger partial charge in [0.15, 0.2) is 11.6 Å². The molecule has 2 aromatic rings. The zero-order chi connectivity index (χ0) is 22.6. The number of carbonyl (C=O) groups excluding carboxylic acids is 2. The molecule has 0 saturated heterocycles. The van der Waals surface area contributed by atoms with Crippen LogP contribution < -0.4 is 0 Å². The summed E-state index contributed by atoms with van der Waals surface area (Å²) in [6.45, 7) is 0.935. The lowest BCUT2D eigenvalue weighted by Crippen LogP contribution is -2.08. The summed E-state index contributed by atoms with van der Waals surface area (Å²) in [7, 11) is 0. The van der Waals surface area contributed by atoms with Gasteiger partial charge in [-0.25, -0.2) is 0 Å². The predicted molar refractivity (Wildman–Crippen MR) is 120 cm³/mol. The van der Waals surface area contributed by atoms with Crippen LogP contribution in [0, 0.1) is 20.2 Å². The van der Waals surface area contributed by atoms with E-state index in [1.165, 1.54) is 72.1 Å². The molecule has 11 heteroatoms. The number of nitro benzene ring substituents is 2. The SMILES string of the molecule is O=C(CSCCOCCSCC(=O)c1ccc([N+](=O)[O-])cc1)c1ccc([N+](=O)[O-])cc1. The molecule has 0 saturated carbocycles. The fourth-order valence-corrected chi connectivity index (χ4v) is 3.84. The molecule has 0 unspecified atom stereocenters. The summed E-state index contributed by atoms with van der Waals surface area (Å²) in [6.07, 6.45) is 0. The number of hydrogen-bond donors (Lipinski definition) is 0. The molecule has 0 heterocycles. The maximum absolute atomic E-state index is 12.0. The summed E-state index contributed by atoms with van der Waals surface area (Å²) in [6, 6.07) is 11.0. The zero-order valence-corrected chi connectivity index (χ0v) is 18.1. The van der Waals surface area contributed by atoms with Crippen molar-refractivity contribution in [2.24, 2.45) is 0 Å². The molecule has 0 aliphatic carbocycles. The summed E-state index contributed by atoms with van der Waals surface area (Å²) < 4.78 is 5.48. The molecular formula is C20H20N2O7S2. The first-order chi connectivity index (χ1) is 14.9. The number of carbonyl (C=O) groups is 2. The second-order valence-corrected chi connectivity index (χ2v) is 8.38. The van der Waals surface area contributed by atoms with Crippen LogP contribution in [0.2, 0.25) is 0 Å². The van der Waals surface area contributed by atoms with E-state index in [9.17, 15) is 29.8 Å². The van der Waals surface area contributed by atoms with Crippen LogP contribution in [-0.2, 0) is 4.74 Å². The topological polar surface area (TPSA) is 130 Å². The first kappa shape index (κ1) is 24.5. The van der Waals surface area contributed by atoms with Gasteiger partial charge in [-0.1, -0.05) is 0 Å². The fraction of sp³-hybridized carbons (Fsp3) is 0.300. The van der Waals surface area contributed by atoms with Crippen LogP contribution in [0.25, 0.3) is 0 Å². The Morgan fingerprint density at radius 1 is 0.710 bits per heavy atom. The minimum absolute atomic E-state index is 0.0510. The van der Waals surface area contributed by atoms with Gasteiger partial charge in [-0.3, -0.25) is 29.8 Å². The number of rotatable bonds is 14. The molecule has 2 rings (SSSR count). The highest BCUT2D eigenvalue weighted by atomic mass is 32.2. The lowest BCUT2D eigenvalue weighted by Gasteiger charge is -2.05. The van der Waals surface area contributed by atoms with E-state index in [0.29, 0.717) is 35.8 Å². The maximum atomic E-state index is 12.0. The van der Waals surface area contributed by atoms with Gasteiger partial charge < -0.3 is 4.74 Å². The van der Waals surface area contributed by atoms with Crippen LogP contribution in [0.4, 0.5) is 11.4 Å². The van der Waals surface area contributed by atoms with Crippen LogP contribution in [0.3, 0.4) is 0 Å². The number of Topliss-reactive ketones (excluding diaryl/α,β-unsaturated/α-hetero) is 2. The van der Waals surface area contributed by atoms with E-state index in [1.807, 2.05) is 0 Å². The summed E-state index contributed by atoms with van der Waals surface area (Å²) in [5, 5.41) is 21.2. The van der Waals surface area contributed by atoms with Crippen molar-refractivity contribution in [1.82, 2.24) is 0 Å². The van der Waals surface area contributed by atoms with E-state index >= 15 is 0 Å². The molecule has 0 radical (unpaired) electrons. The van der Waals surface area contributed by atoms with Crippen molar-refractivity contribution < 1.29 is 24.2 Å². The third-order valence-corrected chi connectivity index (χ3v) is 5.85. The number of hydrogen-bond acceptors (Lipinski definition) is 9. The molecule has 31 heavy (non-hydrogen) atoms. The largest absolute Gasteiger partial charge is 0.380 e. The third kappa shape index (κ3) is 8.48. The minimum atomic E-state index is -0.510. The Kier molecular flexibility index (Phi) is 10.1. The van der Waals surface area contributed by atoms with Gasteiger partial charge in [-0.15, -0.1) is 0 Å². The van der Waals surface area contributed by atoms with Gasteiger partial charge >= 0.3 is 0 Å². The summed E-state index contributed by atoms with van der Waals surface area (Å²) in [4.78, 5) is 44.3. The molecule has 2 aromatic carbocycles. The fourth-order valence-electron chi connectivity index (χ4n) is 2.37. The van der Waals surface area contributed by atoms with Gasteiger partial charge in [-0.2, -0.15) is 23.5 Å². The average molecular weight is 465 g/mol. The Hall–Kier alpha value is -2.76. The van der Waals surface area contributed by atoms with Crippen molar-refractivity contribution in [2.75, 3.05) is 36.2 Å². The Bertz CT molecular complexity index is 843. The van der Waals surface area contributed by atoms with Crippen molar-refractivity contribution in [3.05, 3.63) is 79.9 Å². The molecule has 0 bridgehead atoms. The standard InChI is InChI=1S/C20H20N2O7S2/c23-19(15-1-5-17(6-2-15)21(25)26)13-30-11-9-29-10-12-31-14-20(24)16-3-7-18(8-4-16)22(27)28/h1-8H,9-14H2. The number of ether oxygens (including phenoxy) is 1. The van der Waals surface area contributed by atoms with E-state index in [-0.39, 0.29) is 34.4 Å². The smallest absolute Gasteiger partial charge is 0.269 e. The lowest BCUT2D eigenvalue weighted by molar-refractivity contribution is -0.385. The number of benzene rings is 2. The highest BCUT2D eigenvalue weighted by molar-refractivity contribution is 8.00. The van der Waals surface area contributed by atoms with Crippen molar-refractivity contribution in [1.29, 1.82) is 0 Å². The number of nitro groups is 2. The van der Waals surface area contributed by atoms with Crippen LogP contribution in [0.5, 0.6) is 0 Å². The van der Waals surface area contributed by atoms with Gasteiger partial charge in [0.25, 0.3) is 11.4 Å². The van der Waals surface area contributed by atoms with E-state index in [1.54, 1.807) is 0 Å². The summed E-state index contributed by atoms with van der Waals surface area (Å²) in [5.41, 5.74) is 0.774. The van der Waals surface area contributed by atoms with Crippen molar-refractivity contribution in [3.63, 3.8) is 0 Å². The second kappa shape index (κ2) is 12.8. The van der Waals surface area contributed by atoms with E-state index in [4.69, 9.17) is 4.74 Å². The monoisotopic (exact) mass is 464 g/mol. The van der Waals surface area contributed by atoms with E-state index in [2.05, 4.69) is 0 Å². The normalized spacial score (nSPS) is 10.6. The summed E-state index contributed by atoms with van der Waals surface area (Å²) >= 11 is 2.84. The van der Waals surface area contributed by atoms with E-state index < -0.39 is 9.85 Å². The first-order valence-corrected chi connectivity index (χ1v) is 11.5. The Balaban J connectivity index is 1.52. The van der Waals surface area contributed by atoms with Crippen molar-refractivity contribution in [2.45, 2.75) is 0 Å². The molecule has 0 fully saturated rings. The van der Waals surface area contributed by atoms with Crippen LogP contribution in [0.15, 0.2) is 48.5 Å². The molecule has 0 N–H and O–H groups in total. The molecule has 0 aliphatic heterocycles. The zero-order valence-electron chi connectivity index (χ0n) is 16.4. The van der Waals surface area contributed by atoms with Gasteiger partial charge in [0, 0.05) is 46.9 Å². The van der Waals surface area contributed by atoms with Gasteiger partial charge in [0.1, 0.15) is 0 Å². The van der Waals surface area contributed by atoms with Crippen LogP contribution >= 0.6 is 23.5 Å². The maximum Gasteiger partial charge on any atom is 0.269 e. The predicted octanol–water partition coefficient (Wildman–Crippen LogP) is 4.05. The Morgan fingerprint density at radius 3 is 1.39 bits per heavy atom. The second-order valence-electron chi connectivity index (χ2n) is 6.17. The molecule has 0 amide bonds. The van der Waals surface area contributed by atoms with Crippen LogP contribution in [-0.4, -0.2) is 57.6 Å². The molecule has 0 spiro atoms. The number of non-ortho nitro benzene ring substituents is 2. The molecule has 0 aliphatic rings. The van der Waals surface area contributed by atoms with Crippen molar-refractivity contribution in [3.8, 4) is 0 Å². The van der Waals surface area contributed by atoms with Crippen LogP contribution in [0.1, 0.15) is 20.7 Å². The van der Waals surface area contributed by atoms with Gasteiger partial charge in [0.2, 0.25) is 0 Å². The summed E-state index contributed by atoms with van der Waals surface area (Å²) in [5.74, 6) is 1.59. The number of nitrogens with zero attached hydrogens (tertiary/aromatic N) is 2. The number of thioether (sulfide) groups is 2. The van der Waals surface area contributed by atoms with E-state index in [0.717, 1.165) is 0 Å². The highest BCUT2D eigenvalue weighted by Crippen LogP contribution is 2.15. The average Bonchev–Trinajstić information content (AvgIpc) is 2.77.